The molecule has 1 saturated heterocycles. The van der Waals surface area contributed by atoms with Gasteiger partial charge < -0.3 is 10.6 Å². The standard InChI is InChI=1S/C16H21BrN2O.ClH/c17-13-5-1-3-11(7-13)8-16(20)19-9-12-4-2-6-15(18)14(12)10-19;/h1,3,5,7,12,14-15H,2,4,6,8-10,18H2;1H. The number of nitrogens with zero attached hydrogens (tertiary/aromatic N) is 1. The summed E-state index contributed by atoms with van der Waals surface area (Å²) in [7, 11) is 0. The Bertz CT molecular complexity index is 511. The molecule has 1 aliphatic carbocycles. The van der Waals surface area contributed by atoms with Gasteiger partial charge in [0, 0.05) is 23.6 Å². The van der Waals surface area contributed by atoms with E-state index in [0.717, 1.165) is 29.5 Å². The zero-order valence-corrected chi connectivity index (χ0v) is 14.4. The maximum absolute atomic E-state index is 12.4. The Labute approximate surface area is 140 Å². The number of carbonyl (C=O) groups excluding carboxylic acids is 1. The molecule has 1 saturated carbocycles. The molecule has 3 nitrogen and oxygen atoms in total. The highest BCUT2D eigenvalue weighted by atomic mass is 79.9. The molecule has 2 N–H and O–H groups in total. The number of amides is 1. The third-order valence-electron chi connectivity index (χ3n) is 4.75. The summed E-state index contributed by atoms with van der Waals surface area (Å²) in [5, 5.41) is 0. The fourth-order valence-electron chi connectivity index (χ4n) is 3.65. The number of carbonyl (C=O) groups is 1. The van der Waals surface area contributed by atoms with E-state index < -0.39 is 0 Å². The molecular formula is C16H22BrClN2O. The monoisotopic (exact) mass is 372 g/mol. The molecule has 3 atom stereocenters. The molecule has 0 spiro atoms. The molecule has 1 heterocycles. The number of nitrogens with two attached hydrogens (primary N) is 1. The summed E-state index contributed by atoms with van der Waals surface area (Å²) in [6.07, 6.45) is 4.07. The Morgan fingerprint density at radius 2 is 2.14 bits per heavy atom. The lowest BCUT2D eigenvalue weighted by atomic mass is 9.78. The van der Waals surface area contributed by atoms with E-state index in [1.165, 1.54) is 12.8 Å². The fourth-order valence-corrected chi connectivity index (χ4v) is 4.10. The van der Waals surface area contributed by atoms with Crippen LogP contribution < -0.4 is 5.73 Å². The highest BCUT2D eigenvalue weighted by molar-refractivity contribution is 9.10. The number of fused-ring (bicyclic) bond motifs is 1. The van der Waals surface area contributed by atoms with Gasteiger partial charge in [-0.25, -0.2) is 0 Å². The van der Waals surface area contributed by atoms with E-state index >= 15 is 0 Å². The number of likely N-dealkylation sites (tertiary alicyclic amines) is 1. The Morgan fingerprint density at radius 1 is 1.33 bits per heavy atom. The van der Waals surface area contributed by atoms with Crippen molar-refractivity contribution >= 4 is 34.2 Å². The fraction of sp³-hybridized carbons (Fsp3) is 0.562. The van der Waals surface area contributed by atoms with E-state index in [4.69, 9.17) is 5.73 Å². The van der Waals surface area contributed by atoms with Gasteiger partial charge >= 0.3 is 0 Å². The summed E-state index contributed by atoms with van der Waals surface area (Å²) in [5.41, 5.74) is 7.28. The van der Waals surface area contributed by atoms with Crippen molar-refractivity contribution in [2.24, 2.45) is 17.6 Å². The number of hydrogen-bond acceptors (Lipinski definition) is 2. The van der Waals surface area contributed by atoms with Crippen LogP contribution >= 0.6 is 28.3 Å². The number of rotatable bonds is 2. The quantitative estimate of drug-likeness (QED) is 0.866. The van der Waals surface area contributed by atoms with Crippen LogP contribution in [-0.4, -0.2) is 29.9 Å². The molecule has 3 rings (SSSR count). The first kappa shape index (κ1) is 16.8. The first-order valence-electron chi connectivity index (χ1n) is 7.41. The van der Waals surface area contributed by atoms with E-state index in [1.54, 1.807) is 0 Å². The second kappa shape index (κ2) is 7.12. The third kappa shape index (κ3) is 3.79. The summed E-state index contributed by atoms with van der Waals surface area (Å²) >= 11 is 3.45. The lowest BCUT2D eigenvalue weighted by Crippen LogP contribution is -2.38. The van der Waals surface area contributed by atoms with Gasteiger partial charge in [-0.05, 0) is 42.4 Å². The normalized spacial score (nSPS) is 27.9. The summed E-state index contributed by atoms with van der Waals surface area (Å²) in [6, 6.07) is 8.28. The molecule has 0 aromatic heterocycles. The zero-order valence-electron chi connectivity index (χ0n) is 12.0. The number of benzene rings is 1. The molecule has 2 fully saturated rings. The molecule has 0 bridgehead atoms. The minimum absolute atomic E-state index is 0. The highest BCUT2D eigenvalue weighted by Crippen LogP contribution is 2.35. The van der Waals surface area contributed by atoms with Crippen molar-refractivity contribution in [3.05, 3.63) is 34.3 Å². The van der Waals surface area contributed by atoms with Crippen molar-refractivity contribution in [3.63, 3.8) is 0 Å². The van der Waals surface area contributed by atoms with Crippen molar-refractivity contribution in [2.75, 3.05) is 13.1 Å². The van der Waals surface area contributed by atoms with Gasteiger partial charge in [-0.15, -0.1) is 12.4 Å². The smallest absolute Gasteiger partial charge is 0.227 e. The van der Waals surface area contributed by atoms with Crippen LogP contribution in [0.3, 0.4) is 0 Å². The van der Waals surface area contributed by atoms with E-state index in [-0.39, 0.29) is 24.4 Å². The number of hydrogen-bond donors (Lipinski definition) is 1. The molecule has 1 aliphatic heterocycles. The summed E-state index contributed by atoms with van der Waals surface area (Å²) in [5.74, 6) is 1.39. The molecule has 1 amide bonds. The van der Waals surface area contributed by atoms with E-state index in [1.807, 2.05) is 29.2 Å². The highest BCUT2D eigenvalue weighted by Gasteiger charge is 2.40. The van der Waals surface area contributed by atoms with Crippen molar-refractivity contribution in [3.8, 4) is 0 Å². The van der Waals surface area contributed by atoms with Crippen LogP contribution in [-0.2, 0) is 11.2 Å². The van der Waals surface area contributed by atoms with Gasteiger partial charge in [-0.2, -0.15) is 0 Å². The molecular weight excluding hydrogens is 352 g/mol. The predicted molar refractivity (Wildman–Crippen MR) is 90.5 cm³/mol. The Morgan fingerprint density at radius 3 is 2.86 bits per heavy atom. The SMILES string of the molecule is Cl.NC1CCCC2CN(C(=O)Cc3cccc(Br)c3)CC12. The minimum Gasteiger partial charge on any atom is -0.342 e. The van der Waals surface area contributed by atoms with Gasteiger partial charge in [0.25, 0.3) is 0 Å². The summed E-state index contributed by atoms with van der Waals surface area (Å²) < 4.78 is 1.03. The molecule has 116 valence electrons. The van der Waals surface area contributed by atoms with Crippen molar-refractivity contribution in [1.82, 2.24) is 4.90 Å². The van der Waals surface area contributed by atoms with Crippen molar-refractivity contribution < 1.29 is 4.79 Å². The maximum atomic E-state index is 12.4. The molecule has 21 heavy (non-hydrogen) atoms. The summed E-state index contributed by atoms with van der Waals surface area (Å²) in [4.78, 5) is 14.5. The van der Waals surface area contributed by atoms with Crippen LogP contribution in [0.4, 0.5) is 0 Å². The van der Waals surface area contributed by atoms with Crippen molar-refractivity contribution in [2.45, 2.75) is 31.7 Å². The van der Waals surface area contributed by atoms with Gasteiger partial charge in [-0.3, -0.25) is 4.79 Å². The van der Waals surface area contributed by atoms with Crippen LogP contribution in [0.2, 0.25) is 0 Å². The zero-order chi connectivity index (χ0) is 14.1. The van der Waals surface area contributed by atoms with Crippen LogP contribution in [0.25, 0.3) is 0 Å². The van der Waals surface area contributed by atoms with Gasteiger partial charge in [0.2, 0.25) is 5.91 Å². The predicted octanol–water partition coefficient (Wildman–Crippen LogP) is 3.00. The molecule has 0 radical (unpaired) electrons. The van der Waals surface area contributed by atoms with E-state index in [9.17, 15) is 4.79 Å². The largest absolute Gasteiger partial charge is 0.342 e. The molecule has 3 unspecified atom stereocenters. The van der Waals surface area contributed by atoms with E-state index in [2.05, 4.69) is 15.9 Å². The molecule has 5 heteroatoms. The first-order chi connectivity index (χ1) is 9.63. The van der Waals surface area contributed by atoms with Gasteiger partial charge in [-0.1, -0.05) is 34.5 Å². The summed E-state index contributed by atoms with van der Waals surface area (Å²) in [6.45, 7) is 1.77. The van der Waals surface area contributed by atoms with Crippen LogP contribution in [0.15, 0.2) is 28.7 Å². The Hall–Kier alpha value is -0.580. The minimum atomic E-state index is 0. The van der Waals surface area contributed by atoms with Crippen LogP contribution in [0.1, 0.15) is 24.8 Å². The molecule has 2 aliphatic rings. The topological polar surface area (TPSA) is 46.3 Å². The van der Waals surface area contributed by atoms with Gasteiger partial charge in [0.1, 0.15) is 0 Å². The second-order valence-electron chi connectivity index (χ2n) is 6.12. The average molecular weight is 374 g/mol. The van der Waals surface area contributed by atoms with Gasteiger partial charge in [0.15, 0.2) is 0 Å². The maximum Gasteiger partial charge on any atom is 0.227 e. The Balaban J connectivity index is 0.00000161. The molecule has 1 aromatic carbocycles. The molecule has 1 aromatic rings. The lowest BCUT2D eigenvalue weighted by molar-refractivity contribution is -0.129. The third-order valence-corrected chi connectivity index (χ3v) is 5.24. The Kier molecular flexibility index (Phi) is 5.69. The van der Waals surface area contributed by atoms with E-state index in [0.29, 0.717) is 18.3 Å². The lowest BCUT2D eigenvalue weighted by Gasteiger charge is -2.29. The van der Waals surface area contributed by atoms with Crippen LogP contribution in [0.5, 0.6) is 0 Å². The average Bonchev–Trinajstić information content (AvgIpc) is 2.84. The van der Waals surface area contributed by atoms with Crippen LogP contribution in [0, 0.1) is 11.8 Å². The van der Waals surface area contributed by atoms with Crippen molar-refractivity contribution in [1.29, 1.82) is 0 Å². The number of halogens is 2. The van der Waals surface area contributed by atoms with Gasteiger partial charge in [0.05, 0.1) is 6.42 Å². The second-order valence-corrected chi connectivity index (χ2v) is 7.04. The first-order valence-corrected chi connectivity index (χ1v) is 8.20.